The Bertz CT molecular complexity index is 1270. The second kappa shape index (κ2) is 8.03. The minimum Gasteiger partial charge on any atom is -0.324 e. The van der Waals surface area contributed by atoms with Gasteiger partial charge in [-0.2, -0.15) is 0 Å². The predicted molar refractivity (Wildman–Crippen MR) is 111 cm³/mol. The minimum atomic E-state index is -3.88. The van der Waals surface area contributed by atoms with Gasteiger partial charge in [0.2, 0.25) is 5.96 Å². The van der Waals surface area contributed by atoms with E-state index in [1.54, 1.807) is 42.5 Å². The number of para-hydroxylation sites is 1. The number of hydrogen-bond donors (Lipinski definition) is 2. The van der Waals surface area contributed by atoms with Gasteiger partial charge in [0, 0.05) is 11.8 Å². The quantitative estimate of drug-likeness (QED) is 0.622. The van der Waals surface area contributed by atoms with Crippen molar-refractivity contribution in [3.63, 3.8) is 0 Å². The van der Waals surface area contributed by atoms with E-state index in [2.05, 4.69) is 20.0 Å². The molecule has 0 amide bonds. The SMILES string of the molecule is O=S1(=O)NC(=NCc2ncccc2F)Nc2c(/C=C\c3ccccc3F)cccc21. The number of sulfonamides is 1. The molecule has 0 unspecified atom stereocenters. The Hall–Kier alpha value is -3.59. The Labute approximate surface area is 172 Å². The first-order valence-corrected chi connectivity index (χ1v) is 10.4. The summed E-state index contributed by atoms with van der Waals surface area (Å²) < 4.78 is 55.2. The lowest BCUT2D eigenvalue weighted by Gasteiger charge is -2.23. The monoisotopic (exact) mass is 426 g/mol. The van der Waals surface area contributed by atoms with Gasteiger partial charge in [0.05, 0.1) is 17.9 Å². The third kappa shape index (κ3) is 4.06. The van der Waals surface area contributed by atoms with Crippen LogP contribution < -0.4 is 10.0 Å². The van der Waals surface area contributed by atoms with Crippen molar-refractivity contribution in [2.45, 2.75) is 11.4 Å². The largest absolute Gasteiger partial charge is 0.324 e. The van der Waals surface area contributed by atoms with E-state index in [1.807, 2.05) is 0 Å². The van der Waals surface area contributed by atoms with E-state index < -0.39 is 15.8 Å². The van der Waals surface area contributed by atoms with Crippen LogP contribution in [0.3, 0.4) is 0 Å². The molecule has 0 saturated carbocycles. The molecule has 4 rings (SSSR count). The summed E-state index contributed by atoms with van der Waals surface area (Å²) in [6.07, 6.45) is 4.60. The highest BCUT2D eigenvalue weighted by Gasteiger charge is 2.27. The smallest absolute Gasteiger partial charge is 0.266 e. The van der Waals surface area contributed by atoms with Crippen molar-refractivity contribution in [1.29, 1.82) is 0 Å². The molecule has 0 saturated heterocycles. The lowest BCUT2D eigenvalue weighted by atomic mass is 10.1. The molecule has 1 aromatic heterocycles. The van der Waals surface area contributed by atoms with E-state index in [1.165, 1.54) is 30.5 Å². The van der Waals surface area contributed by atoms with Crippen molar-refractivity contribution >= 4 is 33.8 Å². The number of halogens is 2. The molecule has 2 aromatic carbocycles. The van der Waals surface area contributed by atoms with Gasteiger partial charge in [0.25, 0.3) is 10.0 Å². The molecule has 2 N–H and O–H groups in total. The van der Waals surface area contributed by atoms with Gasteiger partial charge < -0.3 is 5.32 Å². The lowest BCUT2D eigenvalue weighted by Crippen LogP contribution is -2.41. The fourth-order valence-electron chi connectivity index (χ4n) is 2.92. The minimum absolute atomic E-state index is 0.0288. The van der Waals surface area contributed by atoms with Crippen LogP contribution in [-0.2, 0) is 16.6 Å². The number of rotatable bonds is 4. The summed E-state index contributed by atoms with van der Waals surface area (Å²) in [5, 5.41) is 2.93. The number of nitrogens with zero attached hydrogens (tertiary/aromatic N) is 2. The van der Waals surface area contributed by atoms with E-state index >= 15 is 0 Å². The number of aliphatic imine (C=N–C) groups is 1. The average molecular weight is 426 g/mol. The van der Waals surface area contributed by atoms with Crippen LogP contribution in [0.25, 0.3) is 12.2 Å². The molecule has 0 spiro atoms. The molecule has 2 heterocycles. The van der Waals surface area contributed by atoms with Crippen LogP contribution in [0.15, 0.2) is 70.7 Å². The molecular formula is C21H16F2N4O2S. The van der Waals surface area contributed by atoms with Crippen LogP contribution in [0.2, 0.25) is 0 Å². The maximum absolute atomic E-state index is 13.9. The molecule has 6 nitrogen and oxygen atoms in total. The van der Waals surface area contributed by atoms with E-state index in [4.69, 9.17) is 0 Å². The molecule has 0 radical (unpaired) electrons. The van der Waals surface area contributed by atoms with Crippen LogP contribution in [0.1, 0.15) is 16.8 Å². The van der Waals surface area contributed by atoms with Gasteiger partial charge in [-0.25, -0.2) is 26.9 Å². The number of hydrogen-bond acceptors (Lipinski definition) is 4. The summed E-state index contributed by atoms with van der Waals surface area (Å²) in [6, 6.07) is 13.7. The first kappa shape index (κ1) is 19.7. The summed E-state index contributed by atoms with van der Waals surface area (Å²) in [6.45, 7) is -0.153. The zero-order chi connectivity index (χ0) is 21.1. The number of guanidine groups is 1. The van der Waals surface area contributed by atoms with Crippen LogP contribution in [0, 0.1) is 11.6 Å². The van der Waals surface area contributed by atoms with Crippen molar-refractivity contribution < 1.29 is 17.2 Å². The van der Waals surface area contributed by atoms with Gasteiger partial charge in [0.15, 0.2) is 0 Å². The van der Waals surface area contributed by atoms with Crippen LogP contribution >= 0.6 is 0 Å². The second-order valence-electron chi connectivity index (χ2n) is 6.40. The zero-order valence-corrected chi connectivity index (χ0v) is 16.3. The molecule has 1 aliphatic rings. The van der Waals surface area contributed by atoms with E-state index in [0.29, 0.717) is 16.8 Å². The van der Waals surface area contributed by atoms with Crippen molar-refractivity contribution in [2.24, 2.45) is 4.99 Å². The van der Waals surface area contributed by atoms with E-state index in [0.717, 1.165) is 0 Å². The maximum atomic E-state index is 13.9. The Morgan fingerprint density at radius 3 is 2.47 bits per heavy atom. The third-order valence-corrected chi connectivity index (χ3v) is 5.77. The fourth-order valence-corrected chi connectivity index (χ4v) is 4.10. The van der Waals surface area contributed by atoms with Crippen molar-refractivity contribution in [3.8, 4) is 0 Å². The normalized spacial score (nSPS) is 16.1. The van der Waals surface area contributed by atoms with Crippen LogP contribution in [0.4, 0.5) is 14.5 Å². The summed E-state index contributed by atoms with van der Waals surface area (Å²) in [4.78, 5) is 8.04. The summed E-state index contributed by atoms with van der Waals surface area (Å²) in [5.41, 5.74) is 1.28. The van der Waals surface area contributed by atoms with Gasteiger partial charge in [-0.1, -0.05) is 42.5 Å². The summed E-state index contributed by atoms with van der Waals surface area (Å²) in [7, 11) is -3.88. The highest BCUT2D eigenvalue weighted by Crippen LogP contribution is 2.30. The van der Waals surface area contributed by atoms with Crippen molar-refractivity contribution in [3.05, 3.63) is 89.2 Å². The Morgan fingerprint density at radius 2 is 1.67 bits per heavy atom. The Kier molecular flexibility index (Phi) is 5.28. The molecule has 3 aromatic rings. The number of nitrogens with one attached hydrogen (secondary N) is 2. The maximum Gasteiger partial charge on any atom is 0.266 e. The topological polar surface area (TPSA) is 83.5 Å². The number of benzene rings is 2. The Balaban J connectivity index is 1.68. The predicted octanol–water partition coefficient (Wildman–Crippen LogP) is 3.79. The van der Waals surface area contributed by atoms with Gasteiger partial charge in [-0.3, -0.25) is 4.98 Å². The van der Waals surface area contributed by atoms with Crippen LogP contribution in [-0.4, -0.2) is 19.4 Å². The first-order valence-electron chi connectivity index (χ1n) is 8.93. The molecule has 1 aliphatic heterocycles. The van der Waals surface area contributed by atoms with Crippen molar-refractivity contribution in [2.75, 3.05) is 5.32 Å². The first-order chi connectivity index (χ1) is 14.4. The second-order valence-corrected chi connectivity index (χ2v) is 8.05. The number of fused-ring (bicyclic) bond motifs is 1. The fraction of sp³-hybridized carbons (Fsp3) is 0.0476. The molecule has 0 atom stereocenters. The molecule has 0 aliphatic carbocycles. The number of anilines is 1. The highest BCUT2D eigenvalue weighted by atomic mass is 32.2. The lowest BCUT2D eigenvalue weighted by molar-refractivity contribution is 0.591. The van der Waals surface area contributed by atoms with E-state index in [-0.39, 0.29) is 28.9 Å². The Morgan fingerprint density at radius 1 is 0.933 bits per heavy atom. The van der Waals surface area contributed by atoms with Gasteiger partial charge in [0.1, 0.15) is 16.5 Å². The molecule has 30 heavy (non-hydrogen) atoms. The average Bonchev–Trinajstić information content (AvgIpc) is 2.72. The zero-order valence-electron chi connectivity index (χ0n) is 15.5. The van der Waals surface area contributed by atoms with Gasteiger partial charge in [-0.15, -0.1) is 0 Å². The summed E-state index contributed by atoms with van der Waals surface area (Å²) >= 11 is 0. The molecule has 0 bridgehead atoms. The standard InChI is InChI=1S/C21H16F2N4O2S/c22-16-7-2-1-5-14(16)10-11-15-6-3-9-19-20(15)26-21(27-30(19,28)29)25-13-18-17(23)8-4-12-24-18/h1-12H,13H2,(H2,25,26,27)/b11-10-. The van der Waals surface area contributed by atoms with E-state index in [9.17, 15) is 17.2 Å². The molecule has 9 heteroatoms. The highest BCUT2D eigenvalue weighted by molar-refractivity contribution is 7.90. The van der Waals surface area contributed by atoms with Crippen molar-refractivity contribution in [1.82, 2.24) is 9.71 Å². The third-order valence-electron chi connectivity index (χ3n) is 4.39. The number of pyridine rings is 1. The van der Waals surface area contributed by atoms with Gasteiger partial charge >= 0.3 is 0 Å². The summed E-state index contributed by atoms with van der Waals surface area (Å²) in [5.74, 6) is -0.978. The molecule has 0 fully saturated rings. The van der Waals surface area contributed by atoms with Gasteiger partial charge in [-0.05, 0) is 29.8 Å². The molecule has 152 valence electrons. The molecular weight excluding hydrogens is 410 g/mol. The van der Waals surface area contributed by atoms with Crippen LogP contribution in [0.5, 0.6) is 0 Å². The number of aromatic nitrogens is 1.